The molecule has 0 aliphatic carbocycles. The predicted molar refractivity (Wildman–Crippen MR) is 44.1 cm³/mol. The molecule has 0 spiro atoms. The number of rotatable bonds is 4. The third kappa shape index (κ3) is 3.09. The zero-order chi connectivity index (χ0) is 11.5. The number of aliphatic hydroxyl groups excluding tert-OH is 1. The van der Waals surface area contributed by atoms with Crippen molar-refractivity contribution < 1.29 is 27.4 Å². The zero-order valence-corrected chi connectivity index (χ0v) is 7.46. The van der Waals surface area contributed by atoms with Crippen LogP contribution in [-0.4, -0.2) is 18.3 Å². The van der Waals surface area contributed by atoms with Gasteiger partial charge < -0.3 is 9.84 Å². The Balaban J connectivity index is 2.92. The first-order valence-electron chi connectivity index (χ1n) is 4.00. The molecular weight excluding hydrogens is 216 g/mol. The quantitative estimate of drug-likeness (QED) is 0.795. The van der Waals surface area contributed by atoms with E-state index in [9.17, 15) is 17.6 Å². The molecule has 0 aliphatic heterocycles. The molecule has 0 saturated heterocycles. The van der Waals surface area contributed by atoms with Gasteiger partial charge in [-0.05, 0) is 12.1 Å². The summed E-state index contributed by atoms with van der Waals surface area (Å²) < 4.78 is 53.3. The Morgan fingerprint density at radius 2 is 2.00 bits per heavy atom. The Morgan fingerprint density at radius 3 is 2.53 bits per heavy atom. The molecule has 0 bridgehead atoms. The number of hydrogen-bond acceptors (Lipinski definition) is 2. The molecule has 0 fully saturated rings. The van der Waals surface area contributed by atoms with Crippen molar-refractivity contribution in [2.24, 2.45) is 0 Å². The van der Waals surface area contributed by atoms with Gasteiger partial charge in [0, 0.05) is 5.56 Å². The summed E-state index contributed by atoms with van der Waals surface area (Å²) in [6.45, 7) is -4.45. The fourth-order valence-electron chi connectivity index (χ4n) is 0.991. The van der Waals surface area contributed by atoms with Crippen LogP contribution in [0.4, 0.5) is 17.6 Å². The predicted octanol–water partition coefficient (Wildman–Crippen LogP) is 2.37. The summed E-state index contributed by atoms with van der Waals surface area (Å²) in [6, 6.07) is 4.07. The van der Waals surface area contributed by atoms with Crippen LogP contribution in [0.25, 0.3) is 0 Å². The first kappa shape index (κ1) is 11.8. The van der Waals surface area contributed by atoms with Crippen molar-refractivity contribution in [3.05, 3.63) is 29.8 Å². The van der Waals surface area contributed by atoms with Crippen LogP contribution in [0.1, 0.15) is 5.56 Å². The maximum absolute atomic E-state index is 12.9. The number of aliphatic hydroxyl groups is 1. The second kappa shape index (κ2) is 4.48. The van der Waals surface area contributed by atoms with E-state index in [4.69, 9.17) is 5.11 Å². The molecule has 1 rings (SSSR count). The molecule has 1 aromatic rings. The highest BCUT2D eigenvalue weighted by molar-refractivity contribution is 5.31. The van der Waals surface area contributed by atoms with Crippen molar-refractivity contribution >= 4 is 0 Å². The molecule has 0 amide bonds. The Labute approximate surface area is 83.1 Å². The van der Waals surface area contributed by atoms with E-state index in [1.54, 1.807) is 0 Å². The highest BCUT2D eigenvalue weighted by Gasteiger charge is 2.30. The Morgan fingerprint density at radius 1 is 1.33 bits per heavy atom. The molecular formula is C9H8F4O2. The van der Waals surface area contributed by atoms with E-state index >= 15 is 0 Å². The smallest absolute Gasteiger partial charge is 0.387 e. The Hall–Kier alpha value is -1.30. The molecule has 0 radical (unpaired) electrons. The number of halogens is 4. The van der Waals surface area contributed by atoms with Gasteiger partial charge in [0.1, 0.15) is 12.4 Å². The lowest BCUT2D eigenvalue weighted by Crippen LogP contribution is -2.18. The van der Waals surface area contributed by atoms with Gasteiger partial charge in [0.2, 0.25) is 0 Å². The van der Waals surface area contributed by atoms with Crippen LogP contribution < -0.4 is 4.74 Å². The Bertz CT molecular complexity index is 328. The summed E-state index contributed by atoms with van der Waals surface area (Å²) in [4.78, 5) is 0. The van der Waals surface area contributed by atoms with Crippen molar-refractivity contribution in [1.82, 2.24) is 0 Å². The van der Waals surface area contributed by atoms with Crippen molar-refractivity contribution in [2.45, 2.75) is 12.5 Å². The lowest BCUT2D eigenvalue weighted by molar-refractivity contribution is -0.0593. The third-order valence-electron chi connectivity index (χ3n) is 1.68. The highest BCUT2D eigenvalue weighted by atomic mass is 19.3. The maximum atomic E-state index is 12.9. The van der Waals surface area contributed by atoms with E-state index in [1.165, 1.54) is 0 Å². The summed E-state index contributed by atoms with van der Waals surface area (Å²) in [7, 11) is 0. The Kier molecular flexibility index (Phi) is 3.52. The fraction of sp³-hybridized carbons (Fsp3) is 0.333. The van der Waals surface area contributed by atoms with E-state index in [1.807, 2.05) is 0 Å². The monoisotopic (exact) mass is 224 g/mol. The molecule has 0 atom stereocenters. The van der Waals surface area contributed by atoms with Crippen LogP contribution in [0.2, 0.25) is 0 Å². The SMILES string of the molecule is OCC(F)(F)c1cccc(OC(F)F)c1. The summed E-state index contributed by atoms with van der Waals surface area (Å²) in [5, 5.41) is 8.38. The molecule has 0 aromatic heterocycles. The van der Waals surface area contributed by atoms with Gasteiger partial charge >= 0.3 is 6.61 Å². The lowest BCUT2D eigenvalue weighted by Gasteiger charge is -2.14. The highest BCUT2D eigenvalue weighted by Crippen LogP contribution is 2.29. The van der Waals surface area contributed by atoms with Gasteiger partial charge in [0.05, 0.1) is 0 Å². The summed E-state index contributed by atoms with van der Waals surface area (Å²) in [6.07, 6.45) is 0. The number of hydrogen-bond donors (Lipinski definition) is 1. The topological polar surface area (TPSA) is 29.5 Å². The molecule has 0 aliphatic rings. The fourth-order valence-corrected chi connectivity index (χ4v) is 0.991. The molecule has 84 valence electrons. The normalized spacial score (nSPS) is 11.9. The van der Waals surface area contributed by atoms with E-state index < -0.39 is 24.7 Å². The van der Waals surface area contributed by atoms with Crippen molar-refractivity contribution in [3.8, 4) is 5.75 Å². The molecule has 1 aromatic carbocycles. The minimum absolute atomic E-state index is 0.365. The van der Waals surface area contributed by atoms with Gasteiger partial charge in [-0.25, -0.2) is 0 Å². The van der Waals surface area contributed by atoms with Crippen molar-refractivity contribution in [3.63, 3.8) is 0 Å². The van der Waals surface area contributed by atoms with Crippen LogP contribution in [0.5, 0.6) is 5.75 Å². The summed E-state index contributed by atoms with van der Waals surface area (Å²) in [5.74, 6) is -3.82. The third-order valence-corrected chi connectivity index (χ3v) is 1.68. The molecule has 15 heavy (non-hydrogen) atoms. The minimum Gasteiger partial charge on any atom is -0.435 e. The average Bonchev–Trinajstić information content (AvgIpc) is 2.17. The van der Waals surface area contributed by atoms with Gasteiger partial charge in [-0.3, -0.25) is 0 Å². The number of ether oxygens (including phenoxy) is 1. The van der Waals surface area contributed by atoms with Crippen LogP contribution >= 0.6 is 0 Å². The van der Waals surface area contributed by atoms with Crippen molar-refractivity contribution in [2.75, 3.05) is 6.61 Å². The van der Waals surface area contributed by atoms with Crippen LogP contribution in [0.15, 0.2) is 24.3 Å². The van der Waals surface area contributed by atoms with Crippen LogP contribution in [0.3, 0.4) is 0 Å². The van der Waals surface area contributed by atoms with Gasteiger partial charge in [0.15, 0.2) is 0 Å². The average molecular weight is 224 g/mol. The second-order valence-electron chi connectivity index (χ2n) is 2.77. The summed E-state index contributed by atoms with van der Waals surface area (Å²) >= 11 is 0. The van der Waals surface area contributed by atoms with E-state index in [-0.39, 0.29) is 5.75 Å². The van der Waals surface area contributed by atoms with Crippen LogP contribution in [0, 0.1) is 0 Å². The van der Waals surface area contributed by atoms with E-state index in [0.717, 1.165) is 24.3 Å². The lowest BCUT2D eigenvalue weighted by atomic mass is 10.1. The van der Waals surface area contributed by atoms with Crippen molar-refractivity contribution in [1.29, 1.82) is 0 Å². The van der Waals surface area contributed by atoms with Crippen LogP contribution in [-0.2, 0) is 5.92 Å². The second-order valence-corrected chi connectivity index (χ2v) is 2.77. The molecule has 6 heteroatoms. The molecule has 0 heterocycles. The summed E-state index contributed by atoms with van der Waals surface area (Å²) in [5.41, 5.74) is -0.567. The molecule has 0 unspecified atom stereocenters. The molecule has 1 N–H and O–H groups in total. The minimum atomic E-state index is -3.46. The molecule has 0 saturated carbocycles. The van der Waals surface area contributed by atoms with E-state index in [2.05, 4.69) is 4.74 Å². The van der Waals surface area contributed by atoms with Gasteiger partial charge in [0.25, 0.3) is 5.92 Å². The number of alkyl halides is 4. The van der Waals surface area contributed by atoms with Gasteiger partial charge in [-0.2, -0.15) is 17.6 Å². The largest absolute Gasteiger partial charge is 0.435 e. The maximum Gasteiger partial charge on any atom is 0.387 e. The van der Waals surface area contributed by atoms with E-state index in [0.29, 0.717) is 0 Å². The first-order valence-corrected chi connectivity index (χ1v) is 4.00. The molecule has 2 nitrogen and oxygen atoms in total. The van der Waals surface area contributed by atoms with Gasteiger partial charge in [-0.1, -0.05) is 12.1 Å². The zero-order valence-electron chi connectivity index (χ0n) is 7.46. The number of benzene rings is 1. The first-order chi connectivity index (χ1) is 6.95. The van der Waals surface area contributed by atoms with Gasteiger partial charge in [-0.15, -0.1) is 0 Å². The standard InChI is InChI=1S/C9H8F4O2/c10-8(11)15-7-3-1-2-6(4-7)9(12,13)5-14/h1-4,8,14H,5H2.